The molecule has 3 rings (SSSR count). The number of phenols is 1. The monoisotopic (exact) mass is 322 g/mol. The predicted molar refractivity (Wildman–Crippen MR) is 87.4 cm³/mol. The van der Waals surface area contributed by atoms with E-state index in [-0.39, 0.29) is 11.7 Å². The molecule has 0 spiro atoms. The van der Waals surface area contributed by atoms with Crippen LogP contribution in [0.5, 0.6) is 5.75 Å². The molecule has 0 radical (unpaired) electrons. The Balaban J connectivity index is 1.55. The fourth-order valence-electron chi connectivity index (χ4n) is 3.50. The number of likely N-dealkylation sites (tertiary alicyclic amines) is 2. The summed E-state index contributed by atoms with van der Waals surface area (Å²) in [6.45, 7) is 5.20. The van der Waals surface area contributed by atoms with E-state index in [4.69, 9.17) is 11.6 Å². The summed E-state index contributed by atoms with van der Waals surface area (Å²) in [6.07, 6.45) is 4.76. The van der Waals surface area contributed by atoms with E-state index in [2.05, 4.69) is 4.90 Å². The molecule has 2 aliphatic heterocycles. The van der Waals surface area contributed by atoms with Crippen molar-refractivity contribution in [2.75, 3.05) is 32.7 Å². The van der Waals surface area contributed by atoms with Gasteiger partial charge in [-0.15, -0.1) is 0 Å². The summed E-state index contributed by atoms with van der Waals surface area (Å²) in [4.78, 5) is 16.9. The summed E-state index contributed by atoms with van der Waals surface area (Å²) in [7, 11) is 0. The molecule has 1 aromatic rings. The highest BCUT2D eigenvalue weighted by molar-refractivity contribution is 6.30. The molecule has 2 fully saturated rings. The molecule has 0 unspecified atom stereocenters. The Morgan fingerprint density at radius 3 is 2.50 bits per heavy atom. The van der Waals surface area contributed by atoms with E-state index >= 15 is 0 Å². The Kier molecular flexibility index (Phi) is 4.89. The maximum Gasteiger partial charge on any atom is 0.257 e. The maximum absolute atomic E-state index is 12.5. The molecule has 1 N–H and O–H groups in total. The van der Waals surface area contributed by atoms with Gasteiger partial charge < -0.3 is 14.9 Å². The van der Waals surface area contributed by atoms with Crippen LogP contribution in [0.15, 0.2) is 18.2 Å². The lowest BCUT2D eigenvalue weighted by molar-refractivity contribution is 0.0670. The van der Waals surface area contributed by atoms with Gasteiger partial charge in [0.25, 0.3) is 5.91 Å². The number of piperidine rings is 1. The molecule has 1 aromatic carbocycles. The molecule has 5 heteroatoms. The third-order valence-electron chi connectivity index (χ3n) is 4.81. The summed E-state index contributed by atoms with van der Waals surface area (Å²) in [5.41, 5.74) is 0.349. The van der Waals surface area contributed by atoms with Crippen LogP contribution >= 0.6 is 11.6 Å². The largest absolute Gasteiger partial charge is 0.507 e. The van der Waals surface area contributed by atoms with Crippen molar-refractivity contribution < 1.29 is 9.90 Å². The first-order valence-electron chi connectivity index (χ1n) is 8.13. The number of carbonyl (C=O) groups excluding carboxylic acids is 1. The van der Waals surface area contributed by atoms with Gasteiger partial charge in [0.05, 0.1) is 5.56 Å². The highest BCUT2D eigenvalue weighted by Gasteiger charge is 2.26. The number of hydrogen-bond acceptors (Lipinski definition) is 3. The molecule has 4 nitrogen and oxygen atoms in total. The van der Waals surface area contributed by atoms with E-state index in [1.165, 1.54) is 38.5 Å². The summed E-state index contributed by atoms with van der Waals surface area (Å²) in [5.74, 6) is 0.575. The van der Waals surface area contributed by atoms with Crippen LogP contribution in [-0.4, -0.2) is 53.5 Å². The number of benzene rings is 1. The SMILES string of the molecule is O=C(c1ccc(Cl)cc1O)N1CCC(CN2CCCC2)CC1. The molecule has 120 valence electrons. The minimum atomic E-state index is -0.0891. The van der Waals surface area contributed by atoms with Crippen LogP contribution in [0, 0.1) is 5.92 Å². The average molecular weight is 323 g/mol. The maximum atomic E-state index is 12.5. The van der Waals surface area contributed by atoms with Gasteiger partial charge in [0.15, 0.2) is 0 Å². The van der Waals surface area contributed by atoms with Crippen LogP contribution < -0.4 is 0 Å². The van der Waals surface area contributed by atoms with E-state index in [0.29, 0.717) is 16.5 Å². The van der Waals surface area contributed by atoms with Crippen LogP contribution in [-0.2, 0) is 0 Å². The number of nitrogens with zero attached hydrogens (tertiary/aromatic N) is 2. The van der Waals surface area contributed by atoms with Crippen molar-refractivity contribution in [2.45, 2.75) is 25.7 Å². The van der Waals surface area contributed by atoms with Gasteiger partial charge in [-0.3, -0.25) is 4.79 Å². The molecule has 1 amide bonds. The fraction of sp³-hybridized carbons (Fsp3) is 0.588. The Labute approximate surface area is 136 Å². The number of hydrogen-bond donors (Lipinski definition) is 1. The third-order valence-corrected chi connectivity index (χ3v) is 5.04. The Bertz CT molecular complexity index is 535. The number of amides is 1. The zero-order chi connectivity index (χ0) is 15.5. The normalized spacial score (nSPS) is 20.5. The second kappa shape index (κ2) is 6.88. The fourth-order valence-corrected chi connectivity index (χ4v) is 3.67. The van der Waals surface area contributed by atoms with Gasteiger partial charge in [0.2, 0.25) is 0 Å². The van der Waals surface area contributed by atoms with Crippen molar-refractivity contribution in [2.24, 2.45) is 5.92 Å². The molecule has 0 aliphatic carbocycles. The highest BCUT2D eigenvalue weighted by atomic mass is 35.5. The number of carbonyl (C=O) groups is 1. The van der Waals surface area contributed by atoms with Crippen molar-refractivity contribution in [1.29, 1.82) is 0 Å². The molecular formula is C17H23ClN2O2. The first kappa shape index (κ1) is 15.6. The van der Waals surface area contributed by atoms with Gasteiger partial charge in [-0.1, -0.05) is 11.6 Å². The van der Waals surface area contributed by atoms with Crippen LogP contribution in [0.25, 0.3) is 0 Å². The van der Waals surface area contributed by atoms with Gasteiger partial charge in [0.1, 0.15) is 5.75 Å². The third kappa shape index (κ3) is 3.55. The zero-order valence-electron chi connectivity index (χ0n) is 12.8. The van der Waals surface area contributed by atoms with Crippen molar-refractivity contribution in [1.82, 2.24) is 9.80 Å². The minimum absolute atomic E-state index is 0.0308. The van der Waals surface area contributed by atoms with Crippen LogP contribution in [0.1, 0.15) is 36.0 Å². The smallest absolute Gasteiger partial charge is 0.257 e. The van der Waals surface area contributed by atoms with E-state index in [0.717, 1.165) is 25.9 Å². The molecule has 0 aromatic heterocycles. The standard InChI is InChI=1S/C17H23ClN2O2/c18-14-3-4-15(16(21)11-14)17(22)20-9-5-13(6-10-20)12-19-7-1-2-8-19/h3-4,11,13,21H,1-2,5-10,12H2. The second-order valence-electron chi connectivity index (χ2n) is 6.40. The lowest BCUT2D eigenvalue weighted by Gasteiger charge is -2.34. The molecule has 2 saturated heterocycles. The van der Waals surface area contributed by atoms with E-state index in [1.807, 2.05) is 4.90 Å². The van der Waals surface area contributed by atoms with Crippen molar-refractivity contribution >= 4 is 17.5 Å². The van der Waals surface area contributed by atoms with Crippen molar-refractivity contribution in [3.05, 3.63) is 28.8 Å². The first-order chi connectivity index (χ1) is 10.6. The van der Waals surface area contributed by atoms with E-state index in [9.17, 15) is 9.90 Å². The zero-order valence-corrected chi connectivity index (χ0v) is 13.6. The van der Waals surface area contributed by atoms with Gasteiger partial charge >= 0.3 is 0 Å². The number of aromatic hydroxyl groups is 1. The van der Waals surface area contributed by atoms with Crippen LogP contribution in [0.4, 0.5) is 0 Å². The van der Waals surface area contributed by atoms with Crippen LogP contribution in [0.3, 0.4) is 0 Å². The summed E-state index contributed by atoms with van der Waals surface area (Å²) in [6, 6.07) is 4.68. The van der Waals surface area contributed by atoms with E-state index in [1.54, 1.807) is 12.1 Å². The Morgan fingerprint density at radius 1 is 1.18 bits per heavy atom. The summed E-state index contributed by atoms with van der Waals surface area (Å²) < 4.78 is 0. The van der Waals surface area contributed by atoms with Crippen LogP contribution in [0.2, 0.25) is 5.02 Å². The molecule has 22 heavy (non-hydrogen) atoms. The van der Waals surface area contributed by atoms with Gasteiger partial charge in [-0.05, 0) is 62.9 Å². The molecule has 0 saturated carbocycles. The van der Waals surface area contributed by atoms with Gasteiger partial charge in [-0.25, -0.2) is 0 Å². The molecule has 0 bridgehead atoms. The van der Waals surface area contributed by atoms with Gasteiger partial charge in [0, 0.05) is 24.7 Å². The topological polar surface area (TPSA) is 43.8 Å². The number of halogens is 1. The van der Waals surface area contributed by atoms with E-state index < -0.39 is 0 Å². The van der Waals surface area contributed by atoms with Gasteiger partial charge in [-0.2, -0.15) is 0 Å². The molecular weight excluding hydrogens is 300 g/mol. The number of phenolic OH excluding ortho intramolecular Hbond substituents is 1. The minimum Gasteiger partial charge on any atom is -0.507 e. The molecule has 2 aliphatic rings. The Morgan fingerprint density at radius 2 is 1.86 bits per heavy atom. The van der Waals surface area contributed by atoms with Crippen molar-refractivity contribution in [3.8, 4) is 5.75 Å². The van der Waals surface area contributed by atoms with Crippen molar-refractivity contribution in [3.63, 3.8) is 0 Å². The summed E-state index contributed by atoms with van der Waals surface area (Å²) >= 11 is 5.82. The summed E-state index contributed by atoms with van der Waals surface area (Å²) in [5, 5.41) is 10.3. The molecule has 0 atom stereocenters. The lowest BCUT2D eigenvalue weighted by atomic mass is 9.95. The second-order valence-corrected chi connectivity index (χ2v) is 6.84. The lowest BCUT2D eigenvalue weighted by Crippen LogP contribution is -2.41. The Hall–Kier alpha value is -1.26. The average Bonchev–Trinajstić information content (AvgIpc) is 3.00. The first-order valence-corrected chi connectivity index (χ1v) is 8.51. The highest BCUT2D eigenvalue weighted by Crippen LogP contribution is 2.26. The molecule has 2 heterocycles. The predicted octanol–water partition coefficient (Wildman–Crippen LogP) is 2.99. The number of rotatable bonds is 3. The quantitative estimate of drug-likeness (QED) is 0.930.